The minimum absolute atomic E-state index is 0.0832. The summed E-state index contributed by atoms with van der Waals surface area (Å²) in [6.45, 7) is 1.27. The average Bonchev–Trinajstić information content (AvgIpc) is 2.28. The zero-order chi connectivity index (χ0) is 13.1. The van der Waals surface area contributed by atoms with Crippen LogP contribution < -0.4 is 5.32 Å². The predicted molar refractivity (Wildman–Crippen MR) is 55.5 cm³/mol. The summed E-state index contributed by atoms with van der Waals surface area (Å²) >= 11 is 0. The number of amides is 1. The number of hydrogen-bond acceptors (Lipinski definition) is 2. The zero-order valence-corrected chi connectivity index (χ0v) is 9.08. The maximum Gasteiger partial charge on any atom is 0.416 e. The van der Waals surface area contributed by atoms with Crippen molar-refractivity contribution >= 4 is 5.91 Å². The monoisotopic (exact) mass is 247 g/mol. The molecule has 1 aromatic carbocycles. The van der Waals surface area contributed by atoms with Crippen LogP contribution in [0.5, 0.6) is 0 Å². The molecule has 0 bridgehead atoms. The number of alkyl halides is 3. The Morgan fingerprint density at radius 1 is 1.47 bits per heavy atom. The van der Waals surface area contributed by atoms with Crippen molar-refractivity contribution in [1.82, 2.24) is 5.32 Å². The van der Waals surface area contributed by atoms with Gasteiger partial charge in [-0.1, -0.05) is 6.07 Å². The smallest absolute Gasteiger partial charge is 0.394 e. The number of carbonyl (C=O) groups is 1. The Kier molecular flexibility index (Phi) is 4.11. The second kappa shape index (κ2) is 5.18. The summed E-state index contributed by atoms with van der Waals surface area (Å²) in [6.07, 6.45) is -4.47. The third-order valence-corrected chi connectivity index (χ3v) is 2.10. The highest BCUT2D eigenvalue weighted by atomic mass is 19.4. The van der Waals surface area contributed by atoms with Crippen molar-refractivity contribution in [3.8, 4) is 0 Å². The Bertz CT molecular complexity index is 404. The highest BCUT2D eigenvalue weighted by Crippen LogP contribution is 2.29. The van der Waals surface area contributed by atoms with E-state index >= 15 is 0 Å². The molecule has 1 atom stereocenters. The van der Waals surface area contributed by atoms with Crippen molar-refractivity contribution in [3.05, 3.63) is 35.4 Å². The van der Waals surface area contributed by atoms with E-state index in [0.29, 0.717) is 0 Å². The van der Waals surface area contributed by atoms with Crippen molar-refractivity contribution < 1.29 is 23.1 Å². The van der Waals surface area contributed by atoms with Crippen LogP contribution >= 0.6 is 0 Å². The van der Waals surface area contributed by atoms with Crippen LogP contribution in [-0.2, 0) is 6.18 Å². The van der Waals surface area contributed by atoms with Crippen LogP contribution in [-0.4, -0.2) is 23.7 Å². The van der Waals surface area contributed by atoms with Crippen LogP contribution in [0.25, 0.3) is 0 Å². The van der Waals surface area contributed by atoms with Gasteiger partial charge < -0.3 is 10.4 Å². The van der Waals surface area contributed by atoms with Gasteiger partial charge in [0, 0.05) is 11.6 Å². The van der Waals surface area contributed by atoms with E-state index in [4.69, 9.17) is 5.11 Å². The number of halogens is 3. The fourth-order valence-electron chi connectivity index (χ4n) is 1.19. The van der Waals surface area contributed by atoms with Gasteiger partial charge in [0.05, 0.1) is 12.2 Å². The SMILES string of the molecule is CC(CO)NC(=O)c1cccc(C(F)(F)F)c1. The Labute approximate surface area is 96.3 Å². The molecule has 1 rings (SSSR count). The molecule has 2 N–H and O–H groups in total. The molecule has 3 nitrogen and oxygen atoms in total. The van der Waals surface area contributed by atoms with Crippen molar-refractivity contribution in [3.63, 3.8) is 0 Å². The van der Waals surface area contributed by atoms with E-state index < -0.39 is 23.7 Å². The van der Waals surface area contributed by atoms with E-state index in [1.165, 1.54) is 12.1 Å². The first-order valence-corrected chi connectivity index (χ1v) is 4.93. The maximum atomic E-state index is 12.4. The lowest BCUT2D eigenvalue weighted by Crippen LogP contribution is -2.35. The molecule has 0 aliphatic heterocycles. The van der Waals surface area contributed by atoms with Gasteiger partial charge in [0.25, 0.3) is 5.91 Å². The Balaban J connectivity index is 2.89. The molecular formula is C11H12F3NO2. The molecule has 0 spiro atoms. The van der Waals surface area contributed by atoms with Gasteiger partial charge in [-0.15, -0.1) is 0 Å². The highest BCUT2D eigenvalue weighted by molar-refractivity contribution is 5.94. The minimum Gasteiger partial charge on any atom is -0.394 e. The van der Waals surface area contributed by atoms with E-state index in [1.54, 1.807) is 6.92 Å². The van der Waals surface area contributed by atoms with Crippen LogP contribution in [0, 0.1) is 0 Å². The quantitative estimate of drug-likeness (QED) is 0.855. The molecule has 0 aliphatic rings. The number of benzene rings is 1. The normalized spacial score (nSPS) is 13.2. The topological polar surface area (TPSA) is 49.3 Å². The molecule has 0 saturated heterocycles. The molecule has 0 saturated carbocycles. The summed E-state index contributed by atoms with van der Waals surface area (Å²) < 4.78 is 37.2. The van der Waals surface area contributed by atoms with E-state index in [0.717, 1.165) is 12.1 Å². The molecule has 1 amide bonds. The molecule has 1 aromatic rings. The summed E-state index contributed by atoms with van der Waals surface area (Å²) in [7, 11) is 0. The average molecular weight is 247 g/mol. The van der Waals surface area contributed by atoms with Crippen LogP contribution in [0.4, 0.5) is 13.2 Å². The summed E-state index contributed by atoms with van der Waals surface area (Å²) in [5.41, 5.74) is -0.957. The molecule has 17 heavy (non-hydrogen) atoms. The van der Waals surface area contributed by atoms with E-state index in [-0.39, 0.29) is 12.2 Å². The largest absolute Gasteiger partial charge is 0.416 e. The van der Waals surface area contributed by atoms with Gasteiger partial charge in [-0.2, -0.15) is 13.2 Å². The second-order valence-electron chi connectivity index (χ2n) is 3.64. The van der Waals surface area contributed by atoms with Gasteiger partial charge >= 0.3 is 6.18 Å². The van der Waals surface area contributed by atoms with E-state index in [1.807, 2.05) is 0 Å². The third-order valence-electron chi connectivity index (χ3n) is 2.10. The Morgan fingerprint density at radius 2 is 2.12 bits per heavy atom. The summed E-state index contributed by atoms with van der Waals surface area (Å²) in [5.74, 6) is -0.641. The minimum atomic E-state index is -4.47. The first kappa shape index (κ1) is 13.5. The number of aliphatic hydroxyl groups excluding tert-OH is 1. The lowest BCUT2D eigenvalue weighted by Gasteiger charge is -2.12. The van der Waals surface area contributed by atoms with Gasteiger partial charge in [0.15, 0.2) is 0 Å². The molecule has 0 radical (unpaired) electrons. The Morgan fingerprint density at radius 3 is 2.65 bits per heavy atom. The number of hydrogen-bond donors (Lipinski definition) is 2. The van der Waals surface area contributed by atoms with Gasteiger partial charge in [0.2, 0.25) is 0 Å². The van der Waals surface area contributed by atoms with Gasteiger partial charge in [-0.3, -0.25) is 4.79 Å². The second-order valence-corrected chi connectivity index (χ2v) is 3.64. The fraction of sp³-hybridized carbons (Fsp3) is 0.364. The standard InChI is InChI=1S/C11H12F3NO2/c1-7(6-16)15-10(17)8-3-2-4-9(5-8)11(12,13)14/h2-5,7,16H,6H2,1H3,(H,15,17). The van der Waals surface area contributed by atoms with Crippen LogP contribution in [0.3, 0.4) is 0 Å². The van der Waals surface area contributed by atoms with Crippen LogP contribution in [0.2, 0.25) is 0 Å². The van der Waals surface area contributed by atoms with Crippen LogP contribution in [0.1, 0.15) is 22.8 Å². The summed E-state index contributed by atoms with van der Waals surface area (Å²) in [5, 5.41) is 11.1. The van der Waals surface area contributed by atoms with Crippen molar-refractivity contribution in [2.45, 2.75) is 19.1 Å². The molecular weight excluding hydrogens is 235 g/mol. The lowest BCUT2D eigenvalue weighted by atomic mass is 10.1. The summed E-state index contributed by atoms with van der Waals surface area (Å²) in [6, 6.07) is 3.62. The fourth-order valence-corrected chi connectivity index (χ4v) is 1.19. The molecule has 0 aromatic heterocycles. The van der Waals surface area contributed by atoms with Gasteiger partial charge in [-0.05, 0) is 25.1 Å². The number of rotatable bonds is 3. The van der Waals surface area contributed by atoms with E-state index in [9.17, 15) is 18.0 Å². The first-order chi connectivity index (χ1) is 7.84. The molecule has 0 aliphatic carbocycles. The Hall–Kier alpha value is -1.56. The highest BCUT2D eigenvalue weighted by Gasteiger charge is 2.30. The van der Waals surface area contributed by atoms with Gasteiger partial charge in [0.1, 0.15) is 0 Å². The van der Waals surface area contributed by atoms with Crippen LogP contribution in [0.15, 0.2) is 24.3 Å². The lowest BCUT2D eigenvalue weighted by molar-refractivity contribution is -0.137. The van der Waals surface area contributed by atoms with E-state index in [2.05, 4.69) is 5.32 Å². The molecule has 0 heterocycles. The molecule has 1 unspecified atom stereocenters. The molecule has 94 valence electrons. The third kappa shape index (κ3) is 3.74. The van der Waals surface area contributed by atoms with Crippen molar-refractivity contribution in [2.24, 2.45) is 0 Å². The number of carbonyl (C=O) groups excluding carboxylic acids is 1. The molecule has 0 fully saturated rings. The first-order valence-electron chi connectivity index (χ1n) is 4.93. The maximum absolute atomic E-state index is 12.4. The number of nitrogens with one attached hydrogen (secondary N) is 1. The number of aliphatic hydroxyl groups is 1. The van der Waals surface area contributed by atoms with Gasteiger partial charge in [-0.25, -0.2) is 0 Å². The van der Waals surface area contributed by atoms with Crippen molar-refractivity contribution in [2.75, 3.05) is 6.61 Å². The predicted octanol–water partition coefficient (Wildman–Crippen LogP) is 1.82. The summed E-state index contributed by atoms with van der Waals surface area (Å²) in [4.78, 5) is 11.5. The van der Waals surface area contributed by atoms with Crippen molar-refractivity contribution in [1.29, 1.82) is 0 Å². The zero-order valence-electron chi connectivity index (χ0n) is 9.08. The molecule has 6 heteroatoms.